The first-order valence-corrected chi connectivity index (χ1v) is 9.00. The fourth-order valence-corrected chi connectivity index (χ4v) is 4.53. The van der Waals surface area contributed by atoms with Crippen molar-refractivity contribution in [1.29, 1.82) is 0 Å². The van der Waals surface area contributed by atoms with Crippen molar-refractivity contribution in [3.05, 3.63) is 21.3 Å². The van der Waals surface area contributed by atoms with Crippen molar-refractivity contribution >= 4 is 39.6 Å². The maximum Gasteiger partial charge on any atom is 0.234 e. The van der Waals surface area contributed by atoms with Crippen molar-refractivity contribution in [2.24, 2.45) is 0 Å². The minimum absolute atomic E-state index is 0.00185. The summed E-state index contributed by atoms with van der Waals surface area (Å²) in [6.07, 6.45) is 0. The van der Waals surface area contributed by atoms with Gasteiger partial charge < -0.3 is 5.32 Å². The first kappa shape index (κ1) is 15.9. The van der Waals surface area contributed by atoms with Gasteiger partial charge in [-0.15, -0.1) is 11.3 Å². The molecule has 2 rings (SSSR count). The molecular formula is C13H19ClN2O2S2. The van der Waals surface area contributed by atoms with Crippen molar-refractivity contribution in [3.8, 4) is 0 Å². The Labute approximate surface area is 130 Å². The van der Waals surface area contributed by atoms with Gasteiger partial charge in [0.05, 0.1) is 22.2 Å². The van der Waals surface area contributed by atoms with E-state index in [1.165, 1.54) is 11.3 Å². The predicted octanol–water partition coefficient (Wildman–Crippen LogP) is 1.86. The van der Waals surface area contributed by atoms with Gasteiger partial charge in [0.2, 0.25) is 5.91 Å². The van der Waals surface area contributed by atoms with Crippen LogP contribution in [-0.4, -0.2) is 45.2 Å². The number of hydrogen-bond donors (Lipinski definition) is 1. The smallest absolute Gasteiger partial charge is 0.234 e. The third-order valence-electron chi connectivity index (χ3n) is 3.27. The Morgan fingerprint density at radius 2 is 2.30 bits per heavy atom. The fourth-order valence-electron chi connectivity index (χ4n) is 2.20. The SMILES string of the molecule is CC1(C)CN(CC(=O)NCc2ccc(Cl)s2)CC[S@@]1=O. The monoisotopic (exact) mass is 334 g/mol. The van der Waals surface area contributed by atoms with Crippen molar-refractivity contribution in [1.82, 2.24) is 10.2 Å². The van der Waals surface area contributed by atoms with Crippen LogP contribution in [-0.2, 0) is 22.1 Å². The molecule has 1 saturated heterocycles. The molecule has 7 heteroatoms. The van der Waals surface area contributed by atoms with E-state index in [2.05, 4.69) is 10.2 Å². The molecule has 1 amide bonds. The Kier molecular flexibility index (Phi) is 5.23. The summed E-state index contributed by atoms with van der Waals surface area (Å²) in [6, 6.07) is 3.75. The zero-order chi connectivity index (χ0) is 14.8. The average Bonchev–Trinajstić information content (AvgIpc) is 2.77. The van der Waals surface area contributed by atoms with Gasteiger partial charge in [-0.05, 0) is 26.0 Å². The maximum atomic E-state index is 11.9. The molecular weight excluding hydrogens is 316 g/mol. The number of hydrogen-bond acceptors (Lipinski definition) is 4. The van der Waals surface area contributed by atoms with Crippen molar-refractivity contribution in [2.75, 3.05) is 25.4 Å². The molecule has 0 aromatic carbocycles. The number of nitrogens with one attached hydrogen (secondary N) is 1. The van der Waals surface area contributed by atoms with Gasteiger partial charge in [-0.1, -0.05) is 11.6 Å². The molecule has 0 unspecified atom stereocenters. The molecule has 1 aliphatic heterocycles. The van der Waals surface area contributed by atoms with Gasteiger partial charge in [-0.2, -0.15) is 0 Å². The Bertz CT molecular complexity index is 516. The standard InChI is InChI=1S/C13H19ClN2O2S2/c1-13(2)9-16(5-6-20(13)18)8-12(17)15-7-10-3-4-11(14)19-10/h3-4H,5-9H2,1-2H3,(H,15,17)/t20-/m0/s1. The van der Waals surface area contributed by atoms with Crippen LogP contribution in [0.15, 0.2) is 12.1 Å². The number of rotatable bonds is 4. The molecule has 20 heavy (non-hydrogen) atoms. The number of thiophene rings is 1. The number of nitrogens with zero attached hydrogens (tertiary/aromatic N) is 1. The molecule has 0 bridgehead atoms. The van der Waals surface area contributed by atoms with Gasteiger partial charge >= 0.3 is 0 Å². The van der Waals surface area contributed by atoms with Crippen LogP contribution >= 0.6 is 22.9 Å². The lowest BCUT2D eigenvalue weighted by Crippen LogP contribution is -2.52. The van der Waals surface area contributed by atoms with Crippen molar-refractivity contribution in [2.45, 2.75) is 25.1 Å². The number of carbonyl (C=O) groups excluding carboxylic acids is 1. The van der Waals surface area contributed by atoms with E-state index in [-0.39, 0.29) is 10.7 Å². The van der Waals surface area contributed by atoms with E-state index in [1.807, 2.05) is 26.0 Å². The molecule has 1 N–H and O–H groups in total. The van der Waals surface area contributed by atoms with Gasteiger partial charge in [-0.25, -0.2) is 0 Å². The van der Waals surface area contributed by atoms with E-state index < -0.39 is 10.8 Å². The summed E-state index contributed by atoms with van der Waals surface area (Å²) in [6.45, 7) is 6.26. The molecule has 2 heterocycles. The zero-order valence-corrected chi connectivity index (χ0v) is 14.0. The highest BCUT2D eigenvalue weighted by molar-refractivity contribution is 7.86. The summed E-state index contributed by atoms with van der Waals surface area (Å²) < 4.78 is 12.3. The molecule has 1 fully saturated rings. The quantitative estimate of drug-likeness (QED) is 0.914. The summed E-state index contributed by atoms with van der Waals surface area (Å²) in [5.74, 6) is 0.638. The highest BCUT2D eigenvalue weighted by Gasteiger charge is 2.33. The van der Waals surface area contributed by atoms with Gasteiger partial charge in [0.1, 0.15) is 0 Å². The van der Waals surface area contributed by atoms with Crippen LogP contribution in [0.25, 0.3) is 0 Å². The summed E-state index contributed by atoms with van der Waals surface area (Å²) in [4.78, 5) is 15.0. The molecule has 1 aromatic rings. The molecule has 0 radical (unpaired) electrons. The van der Waals surface area contributed by atoms with Crippen LogP contribution in [0.2, 0.25) is 4.34 Å². The Morgan fingerprint density at radius 3 is 2.90 bits per heavy atom. The van der Waals surface area contributed by atoms with Gasteiger partial charge in [0, 0.05) is 34.5 Å². The van der Waals surface area contributed by atoms with E-state index in [4.69, 9.17) is 11.6 Å². The molecule has 1 atom stereocenters. The van der Waals surface area contributed by atoms with E-state index >= 15 is 0 Å². The summed E-state index contributed by atoms with van der Waals surface area (Å²) in [7, 11) is -0.803. The average molecular weight is 335 g/mol. The summed E-state index contributed by atoms with van der Waals surface area (Å²) in [5, 5.41) is 2.89. The van der Waals surface area contributed by atoms with Crippen LogP contribution in [0, 0.1) is 0 Å². The predicted molar refractivity (Wildman–Crippen MR) is 84.7 cm³/mol. The number of halogens is 1. The zero-order valence-electron chi connectivity index (χ0n) is 11.6. The molecule has 0 aliphatic carbocycles. The molecule has 112 valence electrons. The van der Waals surface area contributed by atoms with Gasteiger partial charge in [0.25, 0.3) is 0 Å². The van der Waals surface area contributed by atoms with Crippen LogP contribution in [0.4, 0.5) is 0 Å². The highest BCUT2D eigenvalue weighted by atomic mass is 35.5. The lowest BCUT2D eigenvalue weighted by Gasteiger charge is -2.36. The Balaban J connectivity index is 1.78. The fraction of sp³-hybridized carbons (Fsp3) is 0.615. The third-order valence-corrected chi connectivity index (χ3v) is 6.42. The van der Waals surface area contributed by atoms with Gasteiger partial charge in [-0.3, -0.25) is 13.9 Å². The van der Waals surface area contributed by atoms with Crippen LogP contribution in [0.3, 0.4) is 0 Å². The van der Waals surface area contributed by atoms with E-state index in [0.29, 0.717) is 31.9 Å². The normalized spacial score (nSPS) is 22.6. The Hall–Kier alpha value is -0.430. The molecule has 0 spiro atoms. The largest absolute Gasteiger partial charge is 0.350 e. The minimum Gasteiger partial charge on any atom is -0.350 e. The summed E-state index contributed by atoms with van der Waals surface area (Å²) in [5.41, 5.74) is 0. The maximum absolute atomic E-state index is 11.9. The lowest BCUT2D eigenvalue weighted by atomic mass is 10.2. The van der Waals surface area contributed by atoms with E-state index in [1.54, 1.807) is 0 Å². The third kappa shape index (κ3) is 4.28. The van der Waals surface area contributed by atoms with Crippen LogP contribution < -0.4 is 5.32 Å². The van der Waals surface area contributed by atoms with Crippen LogP contribution in [0.1, 0.15) is 18.7 Å². The first-order chi connectivity index (χ1) is 9.37. The van der Waals surface area contributed by atoms with Crippen molar-refractivity contribution < 1.29 is 9.00 Å². The van der Waals surface area contributed by atoms with E-state index in [9.17, 15) is 9.00 Å². The number of carbonyl (C=O) groups is 1. The second-order valence-electron chi connectivity index (χ2n) is 5.50. The van der Waals surface area contributed by atoms with Crippen molar-refractivity contribution in [3.63, 3.8) is 0 Å². The molecule has 1 aliphatic rings. The van der Waals surface area contributed by atoms with E-state index in [0.717, 1.165) is 9.21 Å². The number of amides is 1. The second-order valence-corrected chi connectivity index (χ2v) is 9.51. The topological polar surface area (TPSA) is 49.4 Å². The molecule has 0 saturated carbocycles. The van der Waals surface area contributed by atoms with Crippen LogP contribution in [0.5, 0.6) is 0 Å². The lowest BCUT2D eigenvalue weighted by molar-refractivity contribution is -0.122. The highest BCUT2D eigenvalue weighted by Crippen LogP contribution is 2.21. The molecule has 1 aromatic heterocycles. The van der Waals surface area contributed by atoms with Gasteiger partial charge in [0.15, 0.2) is 0 Å². The molecule has 4 nitrogen and oxygen atoms in total. The second kappa shape index (κ2) is 6.56. The first-order valence-electron chi connectivity index (χ1n) is 6.48. The Morgan fingerprint density at radius 1 is 1.55 bits per heavy atom. The summed E-state index contributed by atoms with van der Waals surface area (Å²) >= 11 is 7.32. The minimum atomic E-state index is -0.803.